The van der Waals surface area contributed by atoms with Crippen LogP contribution in [0.15, 0.2) is 30.3 Å². The fourth-order valence-electron chi connectivity index (χ4n) is 3.19. The smallest absolute Gasteiger partial charge is 0.305 e. The van der Waals surface area contributed by atoms with Crippen molar-refractivity contribution in [2.75, 3.05) is 33.7 Å². The number of piperidine rings is 1. The predicted octanol–water partition coefficient (Wildman–Crippen LogP) is 2.10. The molecular formula is C17H26N2O2. The summed E-state index contributed by atoms with van der Waals surface area (Å²) in [6.07, 6.45) is 3.17. The lowest BCUT2D eigenvalue weighted by molar-refractivity contribution is -0.141. The molecule has 0 unspecified atom stereocenters. The van der Waals surface area contributed by atoms with Gasteiger partial charge < -0.3 is 14.9 Å². The third-order valence-electron chi connectivity index (χ3n) is 4.78. The number of hydrogen-bond acceptors (Lipinski definition) is 3. The van der Waals surface area contributed by atoms with Gasteiger partial charge in [-0.05, 0) is 52.0 Å². The maximum Gasteiger partial charge on any atom is 0.305 e. The Morgan fingerprint density at radius 1 is 1.24 bits per heavy atom. The molecule has 0 aromatic heterocycles. The van der Waals surface area contributed by atoms with Gasteiger partial charge >= 0.3 is 5.97 Å². The van der Waals surface area contributed by atoms with Crippen molar-refractivity contribution >= 4 is 5.97 Å². The highest BCUT2D eigenvalue weighted by Gasteiger charge is 2.38. The Labute approximate surface area is 127 Å². The zero-order valence-corrected chi connectivity index (χ0v) is 13.1. The van der Waals surface area contributed by atoms with Crippen LogP contribution in [0.2, 0.25) is 0 Å². The summed E-state index contributed by atoms with van der Waals surface area (Å²) < 4.78 is 0. The molecule has 1 N–H and O–H groups in total. The number of nitrogens with zero attached hydrogens (tertiary/aromatic N) is 2. The quantitative estimate of drug-likeness (QED) is 0.871. The van der Waals surface area contributed by atoms with Crippen LogP contribution < -0.4 is 0 Å². The number of carboxylic acid groups (broad SMARTS) is 1. The van der Waals surface area contributed by atoms with Crippen LogP contribution in [0.3, 0.4) is 0 Å². The van der Waals surface area contributed by atoms with Crippen molar-refractivity contribution in [2.45, 2.75) is 31.2 Å². The number of likely N-dealkylation sites (tertiary alicyclic amines) is 1. The van der Waals surface area contributed by atoms with Gasteiger partial charge in [-0.2, -0.15) is 0 Å². The lowest BCUT2D eigenvalue weighted by atomic mass is 9.83. The van der Waals surface area contributed by atoms with E-state index >= 15 is 0 Å². The highest BCUT2D eigenvalue weighted by molar-refractivity contribution is 5.68. The number of rotatable bonds is 6. The van der Waals surface area contributed by atoms with E-state index in [4.69, 9.17) is 5.11 Å². The Balaban J connectivity index is 1.85. The van der Waals surface area contributed by atoms with Crippen molar-refractivity contribution in [2.24, 2.45) is 0 Å². The molecule has 1 fully saturated rings. The van der Waals surface area contributed by atoms with Gasteiger partial charge in [0.15, 0.2) is 0 Å². The van der Waals surface area contributed by atoms with E-state index in [0.717, 1.165) is 38.9 Å². The van der Waals surface area contributed by atoms with E-state index in [2.05, 4.69) is 34.1 Å². The molecule has 1 heterocycles. The van der Waals surface area contributed by atoms with Crippen LogP contribution in [0.25, 0.3) is 0 Å². The summed E-state index contributed by atoms with van der Waals surface area (Å²) in [6.45, 7) is 3.02. The Hall–Kier alpha value is -1.39. The van der Waals surface area contributed by atoms with Crippen LogP contribution in [0, 0.1) is 0 Å². The van der Waals surface area contributed by atoms with Gasteiger partial charge in [-0.15, -0.1) is 0 Å². The molecule has 0 radical (unpaired) electrons. The van der Waals surface area contributed by atoms with Gasteiger partial charge in [0.25, 0.3) is 0 Å². The number of carbonyl (C=O) groups is 1. The molecule has 21 heavy (non-hydrogen) atoms. The van der Waals surface area contributed by atoms with E-state index < -0.39 is 5.97 Å². The van der Waals surface area contributed by atoms with Crippen LogP contribution in [-0.4, -0.2) is 60.1 Å². The van der Waals surface area contributed by atoms with E-state index in [-0.39, 0.29) is 12.0 Å². The first-order valence-corrected chi connectivity index (χ1v) is 7.67. The third-order valence-corrected chi connectivity index (χ3v) is 4.78. The minimum Gasteiger partial charge on any atom is -0.481 e. The Morgan fingerprint density at radius 3 is 2.38 bits per heavy atom. The highest BCUT2D eigenvalue weighted by atomic mass is 16.4. The molecule has 1 aromatic rings. The van der Waals surface area contributed by atoms with E-state index in [9.17, 15) is 4.79 Å². The predicted molar refractivity (Wildman–Crippen MR) is 84.5 cm³/mol. The first-order valence-electron chi connectivity index (χ1n) is 7.67. The van der Waals surface area contributed by atoms with E-state index in [1.54, 1.807) is 0 Å². The zero-order chi connectivity index (χ0) is 15.3. The molecular weight excluding hydrogens is 264 g/mol. The van der Waals surface area contributed by atoms with Crippen LogP contribution in [0.1, 0.15) is 24.8 Å². The molecule has 4 nitrogen and oxygen atoms in total. The van der Waals surface area contributed by atoms with Crippen LogP contribution in [-0.2, 0) is 11.2 Å². The second-order valence-corrected chi connectivity index (χ2v) is 6.27. The lowest BCUT2D eigenvalue weighted by Gasteiger charge is -2.45. The molecule has 0 amide bonds. The summed E-state index contributed by atoms with van der Waals surface area (Å²) in [4.78, 5) is 15.7. The van der Waals surface area contributed by atoms with Crippen molar-refractivity contribution in [3.63, 3.8) is 0 Å². The summed E-state index contributed by atoms with van der Waals surface area (Å²) >= 11 is 0. The minimum absolute atomic E-state index is 0.172. The van der Waals surface area contributed by atoms with Crippen molar-refractivity contribution in [3.8, 4) is 0 Å². The molecule has 1 saturated heterocycles. The number of benzene rings is 1. The molecule has 2 rings (SSSR count). The average molecular weight is 290 g/mol. The fraction of sp³-hybridized carbons (Fsp3) is 0.588. The van der Waals surface area contributed by atoms with Crippen molar-refractivity contribution < 1.29 is 9.90 Å². The van der Waals surface area contributed by atoms with E-state index in [1.165, 1.54) is 5.56 Å². The van der Waals surface area contributed by atoms with Crippen molar-refractivity contribution in [1.29, 1.82) is 0 Å². The molecule has 0 aliphatic carbocycles. The van der Waals surface area contributed by atoms with Crippen LogP contribution >= 0.6 is 0 Å². The molecule has 0 atom stereocenters. The summed E-state index contributed by atoms with van der Waals surface area (Å²) in [7, 11) is 4.01. The summed E-state index contributed by atoms with van der Waals surface area (Å²) in [5.41, 5.74) is 1.20. The maximum absolute atomic E-state index is 11.1. The van der Waals surface area contributed by atoms with Gasteiger partial charge in [0.2, 0.25) is 0 Å². The largest absolute Gasteiger partial charge is 0.481 e. The normalized spacial score (nSPS) is 18.8. The summed E-state index contributed by atoms with van der Waals surface area (Å²) in [5.74, 6) is -0.693. The monoisotopic (exact) mass is 290 g/mol. The highest BCUT2D eigenvalue weighted by Crippen LogP contribution is 2.30. The van der Waals surface area contributed by atoms with Crippen LogP contribution in [0.4, 0.5) is 0 Å². The van der Waals surface area contributed by atoms with Gasteiger partial charge in [-0.1, -0.05) is 30.3 Å². The third kappa shape index (κ3) is 4.29. The standard InChI is InChI=1S/C17H26N2O2/c1-18(2)17(14-16(20)21)9-12-19(13-10-17)11-8-15-6-4-3-5-7-15/h3-7H,8-14H2,1-2H3,(H,20,21). The summed E-state index contributed by atoms with van der Waals surface area (Å²) in [6, 6.07) is 10.5. The number of aliphatic carboxylic acids is 1. The van der Waals surface area contributed by atoms with Gasteiger partial charge in [0.1, 0.15) is 0 Å². The molecule has 0 saturated carbocycles. The first-order chi connectivity index (χ1) is 10.0. The van der Waals surface area contributed by atoms with Gasteiger partial charge in [0.05, 0.1) is 6.42 Å². The Morgan fingerprint density at radius 2 is 1.86 bits per heavy atom. The SMILES string of the molecule is CN(C)C1(CC(=O)O)CCN(CCc2ccccc2)CC1. The van der Waals surface area contributed by atoms with Crippen LogP contribution in [0.5, 0.6) is 0 Å². The summed E-state index contributed by atoms with van der Waals surface area (Å²) in [5, 5.41) is 9.16. The van der Waals surface area contributed by atoms with Crippen molar-refractivity contribution in [1.82, 2.24) is 9.80 Å². The maximum atomic E-state index is 11.1. The topological polar surface area (TPSA) is 43.8 Å². The Kier molecular flexibility index (Phi) is 5.37. The van der Waals surface area contributed by atoms with E-state index in [0.29, 0.717) is 0 Å². The second kappa shape index (κ2) is 7.05. The average Bonchev–Trinajstić information content (AvgIpc) is 2.47. The van der Waals surface area contributed by atoms with Gasteiger partial charge in [0, 0.05) is 12.1 Å². The molecule has 1 aliphatic rings. The molecule has 0 spiro atoms. The van der Waals surface area contributed by atoms with Crippen molar-refractivity contribution in [3.05, 3.63) is 35.9 Å². The molecule has 1 aromatic carbocycles. The Bertz CT molecular complexity index is 451. The van der Waals surface area contributed by atoms with Gasteiger partial charge in [-0.3, -0.25) is 4.79 Å². The lowest BCUT2D eigenvalue weighted by Crippen LogP contribution is -2.54. The molecule has 0 bridgehead atoms. The number of carboxylic acids is 1. The molecule has 116 valence electrons. The second-order valence-electron chi connectivity index (χ2n) is 6.27. The number of hydrogen-bond donors (Lipinski definition) is 1. The first kappa shape index (κ1) is 16.0. The minimum atomic E-state index is -0.693. The molecule has 1 aliphatic heterocycles. The zero-order valence-electron chi connectivity index (χ0n) is 13.1. The van der Waals surface area contributed by atoms with E-state index in [1.807, 2.05) is 20.2 Å². The fourth-order valence-corrected chi connectivity index (χ4v) is 3.19. The molecule has 4 heteroatoms. The van der Waals surface area contributed by atoms with Gasteiger partial charge in [-0.25, -0.2) is 0 Å².